The van der Waals surface area contributed by atoms with Gasteiger partial charge in [0, 0.05) is 10.2 Å². The predicted molar refractivity (Wildman–Crippen MR) is 77.1 cm³/mol. The predicted octanol–water partition coefficient (Wildman–Crippen LogP) is 2.18. The first-order valence-corrected chi connectivity index (χ1v) is 6.80. The Bertz CT molecular complexity index is 451. The highest BCUT2D eigenvalue weighted by atomic mass is 79.9. The highest BCUT2D eigenvalue weighted by Gasteiger charge is 2.13. The highest BCUT2D eigenvalue weighted by Crippen LogP contribution is 2.15. The molecule has 1 aromatic rings. The van der Waals surface area contributed by atoms with Gasteiger partial charge >= 0.3 is 5.97 Å². The van der Waals surface area contributed by atoms with E-state index < -0.39 is 5.97 Å². The zero-order valence-corrected chi connectivity index (χ0v) is 12.3. The van der Waals surface area contributed by atoms with Crippen LogP contribution in [0.2, 0.25) is 0 Å². The van der Waals surface area contributed by atoms with Crippen molar-refractivity contribution >= 4 is 33.5 Å². The summed E-state index contributed by atoms with van der Waals surface area (Å²) >= 11 is 3.32. The Morgan fingerprint density at radius 3 is 2.68 bits per heavy atom. The fourth-order valence-electron chi connectivity index (χ4n) is 1.69. The van der Waals surface area contributed by atoms with Crippen LogP contribution in [0.25, 0.3) is 0 Å². The summed E-state index contributed by atoms with van der Waals surface area (Å²) in [5.74, 6) is -1.14. The lowest BCUT2D eigenvalue weighted by Crippen LogP contribution is -2.37. The topological polar surface area (TPSA) is 69.6 Å². The first-order valence-electron chi connectivity index (χ1n) is 6.01. The van der Waals surface area contributed by atoms with Gasteiger partial charge in [0.1, 0.15) is 0 Å². The smallest absolute Gasteiger partial charge is 0.317 e. The molecule has 0 aliphatic heterocycles. The molecule has 0 unspecified atom stereocenters. The van der Waals surface area contributed by atoms with Crippen LogP contribution in [0.4, 0.5) is 5.69 Å². The van der Waals surface area contributed by atoms with Gasteiger partial charge in [-0.05, 0) is 31.2 Å². The molecule has 1 aromatic carbocycles. The first kappa shape index (κ1) is 15.7. The summed E-state index contributed by atoms with van der Waals surface area (Å²) in [5, 5.41) is 11.5. The number of aliphatic carboxylic acids is 1. The lowest BCUT2D eigenvalue weighted by atomic mass is 10.3. The molecule has 5 nitrogen and oxygen atoms in total. The van der Waals surface area contributed by atoms with Crippen molar-refractivity contribution in [1.29, 1.82) is 0 Å². The lowest BCUT2D eigenvalue weighted by Gasteiger charge is -2.18. The Morgan fingerprint density at radius 1 is 1.37 bits per heavy atom. The third-order valence-electron chi connectivity index (χ3n) is 2.37. The van der Waals surface area contributed by atoms with Crippen molar-refractivity contribution in [3.05, 3.63) is 28.7 Å². The largest absolute Gasteiger partial charge is 0.480 e. The van der Waals surface area contributed by atoms with Crippen LogP contribution in [0.3, 0.4) is 0 Å². The summed E-state index contributed by atoms with van der Waals surface area (Å²) in [6, 6.07) is 7.26. The maximum atomic E-state index is 11.8. The van der Waals surface area contributed by atoms with Crippen LogP contribution >= 0.6 is 15.9 Å². The number of anilines is 1. The summed E-state index contributed by atoms with van der Waals surface area (Å²) in [6.45, 7) is 2.48. The average molecular weight is 329 g/mol. The van der Waals surface area contributed by atoms with Gasteiger partial charge in [-0.3, -0.25) is 14.5 Å². The molecule has 0 saturated carbocycles. The second-order valence-corrected chi connectivity index (χ2v) is 5.08. The second kappa shape index (κ2) is 7.91. The molecule has 0 aliphatic rings. The molecule has 0 aromatic heterocycles. The van der Waals surface area contributed by atoms with E-state index in [4.69, 9.17) is 5.11 Å². The number of hydrogen-bond donors (Lipinski definition) is 2. The van der Waals surface area contributed by atoms with Gasteiger partial charge < -0.3 is 10.4 Å². The number of rotatable bonds is 7. The summed E-state index contributed by atoms with van der Waals surface area (Å²) in [6.07, 6.45) is 0.803. The summed E-state index contributed by atoms with van der Waals surface area (Å²) in [7, 11) is 0. The van der Waals surface area contributed by atoms with E-state index in [1.165, 1.54) is 0 Å². The van der Waals surface area contributed by atoms with E-state index in [1.807, 2.05) is 19.1 Å². The van der Waals surface area contributed by atoms with Crippen LogP contribution in [-0.2, 0) is 9.59 Å². The molecular weight excluding hydrogens is 312 g/mol. The van der Waals surface area contributed by atoms with E-state index in [0.717, 1.165) is 10.9 Å². The normalized spacial score (nSPS) is 10.5. The molecule has 1 amide bonds. The molecule has 0 atom stereocenters. The van der Waals surface area contributed by atoms with Gasteiger partial charge in [-0.1, -0.05) is 28.9 Å². The number of hydrogen-bond acceptors (Lipinski definition) is 3. The van der Waals surface area contributed by atoms with Gasteiger partial charge in [-0.25, -0.2) is 0 Å². The first-order chi connectivity index (χ1) is 9.01. The van der Waals surface area contributed by atoms with Gasteiger partial charge in [-0.15, -0.1) is 0 Å². The van der Waals surface area contributed by atoms with Crippen LogP contribution in [0.1, 0.15) is 13.3 Å². The van der Waals surface area contributed by atoms with Gasteiger partial charge in [0.05, 0.1) is 13.1 Å². The maximum Gasteiger partial charge on any atom is 0.317 e. The molecule has 0 heterocycles. The Kier molecular flexibility index (Phi) is 6.52. The minimum Gasteiger partial charge on any atom is -0.480 e. The minimum absolute atomic E-state index is 0.0760. The number of benzene rings is 1. The Balaban J connectivity index is 2.54. The van der Waals surface area contributed by atoms with Gasteiger partial charge in [0.25, 0.3) is 0 Å². The van der Waals surface area contributed by atoms with Crippen LogP contribution < -0.4 is 5.32 Å². The third-order valence-corrected chi connectivity index (χ3v) is 2.87. The maximum absolute atomic E-state index is 11.8. The van der Waals surface area contributed by atoms with Crippen molar-refractivity contribution < 1.29 is 14.7 Å². The highest BCUT2D eigenvalue weighted by molar-refractivity contribution is 9.10. The Hall–Kier alpha value is -1.40. The number of carbonyl (C=O) groups excluding carboxylic acids is 1. The monoisotopic (exact) mass is 328 g/mol. The molecule has 0 radical (unpaired) electrons. The fourth-order valence-corrected chi connectivity index (χ4v) is 2.09. The number of nitrogens with zero attached hydrogens (tertiary/aromatic N) is 1. The molecule has 0 fully saturated rings. The molecule has 104 valence electrons. The molecule has 0 aliphatic carbocycles. The van der Waals surface area contributed by atoms with Crippen molar-refractivity contribution in [3.8, 4) is 0 Å². The number of carboxylic acids is 1. The summed E-state index contributed by atoms with van der Waals surface area (Å²) < 4.78 is 0.876. The molecular formula is C13H17BrN2O3. The van der Waals surface area contributed by atoms with Crippen molar-refractivity contribution in [1.82, 2.24) is 4.90 Å². The number of nitrogens with one attached hydrogen (secondary N) is 1. The van der Waals surface area contributed by atoms with Crippen molar-refractivity contribution in [2.24, 2.45) is 0 Å². The number of carboxylic acid groups (broad SMARTS) is 1. The van der Waals surface area contributed by atoms with Crippen LogP contribution in [0.15, 0.2) is 28.7 Å². The standard InChI is InChI=1S/C13H17BrN2O3/c1-2-6-16(9-13(18)19)8-12(17)15-11-5-3-4-10(14)7-11/h3-5,7H,2,6,8-9H2,1H3,(H,15,17)(H,18,19). The SMILES string of the molecule is CCCN(CC(=O)O)CC(=O)Nc1cccc(Br)c1. The van der Waals surface area contributed by atoms with Gasteiger partial charge in [0.2, 0.25) is 5.91 Å². The Labute approximate surface area is 120 Å². The molecule has 0 saturated heterocycles. The third kappa shape index (κ3) is 6.35. The van der Waals surface area contributed by atoms with E-state index in [1.54, 1.807) is 17.0 Å². The van der Waals surface area contributed by atoms with E-state index in [2.05, 4.69) is 21.2 Å². The van der Waals surface area contributed by atoms with Crippen LogP contribution in [0, 0.1) is 0 Å². The van der Waals surface area contributed by atoms with E-state index >= 15 is 0 Å². The van der Waals surface area contributed by atoms with Crippen molar-refractivity contribution in [3.63, 3.8) is 0 Å². The van der Waals surface area contributed by atoms with Gasteiger partial charge in [0.15, 0.2) is 0 Å². The van der Waals surface area contributed by atoms with E-state index in [0.29, 0.717) is 12.2 Å². The molecule has 6 heteroatoms. The number of carbonyl (C=O) groups is 2. The molecule has 2 N–H and O–H groups in total. The average Bonchev–Trinajstić information content (AvgIpc) is 2.27. The fraction of sp³-hybridized carbons (Fsp3) is 0.385. The molecule has 0 spiro atoms. The van der Waals surface area contributed by atoms with Crippen LogP contribution in [-0.4, -0.2) is 41.5 Å². The quantitative estimate of drug-likeness (QED) is 0.804. The lowest BCUT2D eigenvalue weighted by molar-refractivity contribution is -0.138. The molecule has 0 bridgehead atoms. The minimum atomic E-state index is -0.927. The zero-order valence-electron chi connectivity index (χ0n) is 10.7. The second-order valence-electron chi connectivity index (χ2n) is 4.16. The molecule has 19 heavy (non-hydrogen) atoms. The number of amides is 1. The zero-order chi connectivity index (χ0) is 14.3. The number of halogens is 1. The summed E-state index contributed by atoms with van der Waals surface area (Å²) in [5.41, 5.74) is 0.686. The Morgan fingerprint density at radius 2 is 2.11 bits per heavy atom. The van der Waals surface area contributed by atoms with Crippen LogP contribution in [0.5, 0.6) is 0 Å². The van der Waals surface area contributed by atoms with E-state index in [9.17, 15) is 9.59 Å². The summed E-state index contributed by atoms with van der Waals surface area (Å²) in [4.78, 5) is 24.1. The van der Waals surface area contributed by atoms with Crippen molar-refractivity contribution in [2.75, 3.05) is 25.0 Å². The van der Waals surface area contributed by atoms with E-state index in [-0.39, 0.29) is 19.0 Å². The van der Waals surface area contributed by atoms with Crippen molar-refractivity contribution in [2.45, 2.75) is 13.3 Å². The molecule has 1 rings (SSSR count). The van der Waals surface area contributed by atoms with Gasteiger partial charge in [-0.2, -0.15) is 0 Å².